The second-order valence-electron chi connectivity index (χ2n) is 9.08. The molecule has 26 heavy (non-hydrogen) atoms. The molecule has 1 atom stereocenters. The lowest BCUT2D eigenvalue weighted by atomic mass is 9.79. The Kier molecular flexibility index (Phi) is 3.96. The number of likely N-dealkylation sites (tertiary alicyclic amines) is 1. The highest BCUT2D eigenvalue weighted by atomic mass is 16.4. The number of aromatic carboxylic acids is 1. The molecule has 5 nitrogen and oxygen atoms in total. The molecule has 5 rings (SSSR count). The van der Waals surface area contributed by atoms with Crippen LogP contribution in [0.2, 0.25) is 0 Å². The van der Waals surface area contributed by atoms with Crippen LogP contribution in [0.4, 0.5) is 5.82 Å². The molecule has 1 unspecified atom stereocenters. The summed E-state index contributed by atoms with van der Waals surface area (Å²) < 4.78 is 0. The minimum absolute atomic E-state index is 0.337. The first kappa shape index (κ1) is 16.5. The van der Waals surface area contributed by atoms with Gasteiger partial charge in [0.2, 0.25) is 0 Å². The number of rotatable bonds is 4. The number of anilines is 1. The summed E-state index contributed by atoms with van der Waals surface area (Å²) in [5, 5.41) is 9.73. The zero-order valence-electron chi connectivity index (χ0n) is 15.5. The summed E-state index contributed by atoms with van der Waals surface area (Å²) in [5.74, 6) is 0.844. The lowest BCUT2D eigenvalue weighted by Crippen LogP contribution is -2.45. The average Bonchev–Trinajstić information content (AvgIpc) is 3.16. The highest BCUT2D eigenvalue weighted by molar-refractivity contribution is 5.93. The van der Waals surface area contributed by atoms with Crippen molar-refractivity contribution in [1.29, 1.82) is 0 Å². The second kappa shape index (κ2) is 6.22. The predicted molar refractivity (Wildman–Crippen MR) is 101 cm³/mol. The van der Waals surface area contributed by atoms with Crippen LogP contribution in [0.15, 0.2) is 6.07 Å². The van der Waals surface area contributed by atoms with Crippen molar-refractivity contribution in [3.63, 3.8) is 0 Å². The molecular formula is C21H29N3O2. The normalized spacial score (nSPS) is 28.7. The molecule has 4 aliphatic rings. The highest BCUT2D eigenvalue weighted by Crippen LogP contribution is 2.42. The van der Waals surface area contributed by atoms with Crippen LogP contribution in [0.1, 0.15) is 60.1 Å². The number of carboxylic acid groups (broad SMARTS) is 1. The highest BCUT2D eigenvalue weighted by Gasteiger charge is 2.43. The van der Waals surface area contributed by atoms with Crippen LogP contribution in [-0.4, -0.2) is 53.7 Å². The number of aryl methyl sites for hydroxylation is 2. The maximum atomic E-state index is 11.9. The summed E-state index contributed by atoms with van der Waals surface area (Å²) in [5.41, 5.74) is 3.02. The summed E-state index contributed by atoms with van der Waals surface area (Å²) in [6.07, 6.45) is 9.63. The van der Waals surface area contributed by atoms with E-state index in [4.69, 9.17) is 4.98 Å². The van der Waals surface area contributed by atoms with Crippen molar-refractivity contribution >= 4 is 11.8 Å². The predicted octanol–water partition coefficient (Wildman–Crippen LogP) is 2.97. The Labute approximate surface area is 155 Å². The van der Waals surface area contributed by atoms with Gasteiger partial charge in [-0.15, -0.1) is 0 Å². The van der Waals surface area contributed by atoms with Gasteiger partial charge < -0.3 is 14.9 Å². The zero-order chi connectivity index (χ0) is 17.7. The number of pyridine rings is 1. The minimum atomic E-state index is -0.831. The van der Waals surface area contributed by atoms with Gasteiger partial charge in [-0.05, 0) is 75.5 Å². The van der Waals surface area contributed by atoms with Gasteiger partial charge in [-0.3, -0.25) is 0 Å². The quantitative estimate of drug-likeness (QED) is 0.900. The lowest BCUT2D eigenvalue weighted by Gasteiger charge is -2.40. The number of carboxylic acids is 1. The Morgan fingerprint density at radius 2 is 2.08 bits per heavy atom. The van der Waals surface area contributed by atoms with Crippen molar-refractivity contribution in [2.45, 2.75) is 51.4 Å². The Hall–Kier alpha value is -1.62. The van der Waals surface area contributed by atoms with Gasteiger partial charge in [-0.2, -0.15) is 0 Å². The van der Waals surface area contributed by atoms with Gasteiger partial charge in [0.15, 0.2) is 0 Å². The summed E-state index contributed by atoms with van der Waals surface area (Å²) in [7, 11) is 0. The maximum Gasteiger partial charge on any atom is 0.339 e. The standard InChI is InChI=1S/C21H29N3O2/c25-20(26)17-11-16-3-1-4-18(16)22-19(17)24-10-8-21(14-24)7-2-9-23(13-21)12-15-5-6-15/h11,15H,1-10,12-14H2,(H,25,26). The number of fused-ring (bicyclic) bond motifs is 1. The van der Waals surface area contributed by atoms with Crippen molar-refractivity contribution in [3.05, 3.63) is 22.9 Å². The monoisotopic (exact) mass is 355 g/mol. The fourth-order valence-corrected chi connectivity index (χ4v) is 5.44. The van der Waals surface area contributed by atoms with Gasteiger partial charge in [0.05, 0.1) is 0 Å². The van der Waals surface area contributed by atoms with E-state index in [9.17, 15) is 9.90 Å². The van der Waals surface area contributed by atoms with Gasteiger partial charge in [0.25, 0.3) is 0 Å². The molecule has 140 valence electrons. The molecule has 0 amide bonds. The van der Waals surface area contributed by atoms with Crippen LogP contribution in [0.25, 0.3) is 0 Å². The summed E-state index contributed by atoms with van der Waals surface area (Å²) in [6, 6.07) is 1.90. The zero-order valence-corrected chi connectivity index (χ0v) is 15.5. The van der Waals surface area contributed by atoms with Gasteiger partial charge in [-0.25, -0.2) is 9.78 Å². The molecule has 0 radical (unpaired) electrons. The number of aromatic nitrogens is 1. The molecule has 3 heterocycles. The van der Waals surface area contributed by atoms with Gasteiger partial charge in [0, 0.05) is 37.3 Å². The van der Waals surface area contributed by atoms with Crippen LogP contribution in [-0.2, 0) is 12.8 Å². The summed E-state index contributed by atoms with van der Waals surface area (Å²) >= 11 is 0. The molecule has 2 aliphatic carbocycles. The van der Waals surface area contributed by atoms with Crippen molar-refractivity contribution < 1.29 is 9.90 Å². The van der Waals surface area contributed by atoms with Crippen LogP contribution in [0.3, 0.4) is 0 Å². The SMILES string of the molecule is O=C(O)c1cc2c(nc1N1CCC3(CCCN(CC4CC4)C3)C1)CCC2. The van der Waals surface area contributed by atoms with Gasteiger partial charge in [0.1, 0.15) is 11.4 Å². The first-order valence-electron chi connectivity index (χ1n) is 10.4. The van der Waals surface area contributed by atoms with Gasteiger partial charge in [-0.1, -0.05) is 0 Å². The van der Waals surface area contributed by atoms with E-state index in [0.717, 1.165) is 55.3 Å². The van der Waals surface area contributed by atoms with Crippen LogP contribution in [0.5, 0.6) is 0 Å². The Morgan fingerprint density at radius 1 is 1.19 bits per heavy atom. The van der Waals surface area contributed by atoms with Crippen LogP contribution in [0, 0.1) is 11.3 Å². The fraction of sp³-hybridized carbons (Fsp3) is 0.714. The number of piperidine rings is 1. The Morgan fingerprint density at radius 3 is 2.88 bits per heavy atom. The molecule has 0 aromatic carbocycles. The first-order valence-corrected chi connectivity index (χ1v) is 10.4. The number of hydrogen-bond acceptors (Lipinski definition) is 4. The Balaban J connectivity index is 1.38. The van der Waals surface area contributed by atoms with E-state index in [1.165, 1.54) is 51.7 Å². The summed E-state index contributed by atoms with van der Waals surface area (Å²) in [6.45, 7) is 5.63. The van der Waals surface area contributed by atoms with Crippen LogP contribution >= 0.6 is 0 Å². The molecule has 1 spiro atoms. The van der Waals surface area contributed by atoms with Crippen molar-refractivity contribution in [2.24, 2.45) is 11.3 Å². The number of carbonyl (C=O) groups is 1. The van der Waals surface area contributed by atoms with E-state index < -0.39 is 5.97 Å². The number of hydrogen-bond donors (Lipinski definition) is 1. The largest absolute Gasteiger partial charge is 0.478 e. The van der Waals surface area contributed by atoms with Crippen molar-refractivity contribution in [3.8, 4) is 0 Å². The molecule has 2 aliphatic heterocycles. The molecule has 2 saturated heterocycles. The molecule has 1 saturated carbocycles. The number of nitrogens with zero attached hydrogens (tertiary/aromatic N) is 3. The average molecular weight is 355 g/mol. The van der Waals surface area contributed by atoms with Crippen LogP contribution < -0.4 is 4.90 Å². The minimum Gasteiger partial charge on any atom is -0.478 e. The molecule has 0 bridgehead atoms. The molecule has 3 fully saturated rings. The molecule has 1 aromatic rings. The van der Waals surface area contributed by atoms with E-state index in [1.807, 2.05) is 6.07 Å². The van der Waals surface area contributed by atoms with E-state index in [1.54, 1.807) is 0 Å². The third kappa shape index (κ3) is 3.00. The second-order valence-corrected chi connectivity index (χ2v) is 9.08. The third-order valence-electron chi connectivity index (χ3n) is 6.95. The first-order chi connectivity index (χ1) is 12.6. The third-order valence-corrected chi connectivity index (χ3v) is 6.95. The Bertz CT molecular complexity index is 730. The topological polar surface area (TPSA) is 56.7 Å². The molecular weight excluding hydrogens is 326 g/mol. The van der Waals surface area contributed by atoms with E-state index >= 15 is 0 Å². The van der Waals surface area contributed by atoms with Crippen molar-refractivity contribution in [2.75, 3.05) is 37.6 Å². The van der Waals surface area contributed by atoms with Gasteiger partial charge >= 0.3 is 5.97 Å². The smallest absolute Gasteiger partial charge is 0.339 e. The molecule has 5 heteroatoms. The lowest BCUT2D eigenvalue weighted by molar-refractivity contribution is 0.0696. The fourth-order valence-electron chi connectivity index (χ4n) is 5.44. The molecule has 1 aromatic heterocycles. The van der Waals surface area contributed by atoms with Crippen molar-refractivity contribution in [1.82, 2.24) is 9.88 Å². The van der Waals surface area contributed by atoms with E-state index in [2.05, 4.69) is 9.80 Å². The molecule has 1 N–H and O–H groups in total. The van der Waals surface area contributed by atoms with E-state index in [0.29, 0.717) is 11.0 Å². The maximum absolute atomic E-state index is 11.9. The summed E-state index contributed by atoms with van der Waals surface area (Å²) in [4.78, 5) is 21.7. The van der Waals surface area contributed by atoms with E-state index in [-0.39, 0.29) is 0 Å².